The van der Waals surface area contributed by atoms with Crippen LogP contribution in [0.2, 0.25) is 0 Å². The molecule has 1 saturated heterocycles. The summed E-state index contributed by atoms with van der Waals surface area (Å²) in [5, 5.41) is 11.6. The molecule has 2 aliphatic heterocycles. The van der Waals surface area contributed by atoms with E-state index in [0.29, 0.717) is 41.7 Å². The van der Waals surface area contributed by atoms with Crippen LogP contribution in [0, 0.1) is 11.8 Å². The zero-order valence-electron chi connectivity index (χ0n) is 17.8. The van der Waals surface area contributed by atoms with E-state index < -0.39 is 0 Å². The number of nitrogens with zero attached hydrogens (tertiary/aromatic N) is 4. The summed E-state index contributed by atoms with van der Waals surface area (Å²) in [6, 6.07) is 3.75. The van der Waals surface area contributed by atoms with E-state index in [0.717, 1.165) is 30.7 Å². The summed E-state index contributed by atoms with van der Waals surface area (Å²) < 4.78 is 14.8. The van der Waals surface area contributed by atoms with Crippen molar-refractivity contribution >= 4 is 22.6 Å². The standard InChI is InChI=1S/C22H31FN6/c1-14(2)22(3,24-4)15-7-6-12-29(13-15)18-10-9-17(23)20(26-18)19-16-8-5-11-25-21(16)28-27-19/h5,8,11,14-15,24H,6-7,9-10,12-13H2,1-4H3,(H,25,27,28). The first-order valence-corrected chi connectivity index (χ1v) is 10.6. The normalized spacial score (nSPS) is 22.9. The monoisotopic (exact) mass is 398 g/mol. The van der Waals surface area contributed by atoms with Crippen LogP contribution in [0.5, 0.6) is 0 Å². The molecule has 2 N–H and O–H groups in total. The predicted octanol–water partition coefficient (Wildman–Crippen LogP) is 4.13. The first-order valence-electron chi connectivity index (χ1n) is 10.6. The van der Waals surface area contributed by atoms with Crippen LogP contribution in [0.25, 0.3) is 16.7 Å². The molecule has 2 atom stereocenters. The molecule has 0 aromatic carbocycles. The molecule has 156 valence electrons. The second kappa shape index (κ2) is 7.86. The van der Waals surface area contributed by atoms with E-state index in [2.05, 4.69) is 53.2 Å². The van der Waals surface area contributed by atoms with Gasteiger partial charge in [0.15, 0.2) is 5.65 Å². The van der Waals surface area contributed by atoms with Crippen LogP contribution in [0.3, 0.4) is 0 Å². The number of nitrogens with one attached hydrogen (secondary N) is 2. The average molecular weight is 399 g/mol. The van der Waals surface area contributed by atoms with Gasteiger partial charge in [0, 0.05) is 43.1 Å². The number of hydrogen-bond acceptors (Lipinski definition) is 5. The highest BCUT2D eigenvalue weighted by Crippen LogP contribution is 2.36. The molecule has 0 radical (unpaired) electrons. The molecule has 0 amide bonds. The van der Waals surface area contributed by atoms with Crippen molar-refractivity contribution < 1.29 is 4.39 Å². The summed E-state index contributed by atoms with van der Waals surface area (Å²) in [6.07, 6.45) is 5.04. The molecule has 1 fully saturated rings. The molecule has 0 saturated carbocycles. The van der Waals surface area contributed by atoms with E-state index in [-0.39, 0.29) is 11.4 Å². The van der Waals surface area contributed by atoms with Gasteiger partial charge in [-0.05, 0) is 50.8 Å². The number of allylic oxidation sites excluding steroid dienone is 1. The third-order valence-corrected chi connectivity index (χ3v) is 7.00. The van der Waals surface area contributed by atoms with Crippen molar-refractivity contribution in [1.82, 2.24) is 25.4 Å². The SMILES string of the molecule is CNC(C)(C(C)C)C1CCCN(C2=NC(c3n[nH]c4ncccc34)=C(F)CC2)C1. The zero-order chi connectivity index (χ0) is 20.6. The third kappa shape index (κ3) is 3.56. The van der Waals surface area contributed by atoms with Gasteiger partial charge in [0.2, 0.25) is 0 Å². The van der Waals surface area contributed by atoms with Gasteiger partial charge < -0.3 is 10.2 Å². The Balaban J connectivity index is 1.63. The quantitative estimate of drug-likeness (QED) is 0.812. The number of halogens is 1. The molecule has 4 rings (SSSR count). The second-order valence-corrected chi connectivity index (χ2v) is 8.73. The van der Waals surface area contributed by atoms with Crippen molar-refractivity contribution in [2.45, 2.75) is 52.0 Å². The Morgan fingerprint density at radius 3 is 2.93 bits per heavy atom. The lowest BCUT2D eigenvalue weighted by Gasteiger charge is -2.47. The summed E-state index contributed by atoms with van der Waals surface area (Å²) >= 11 is 0. The van der Waals surface area contributed by atoms with Crippen molar-refractivity contribution in [1.29, 1.82) is 0 Å². The molecule has 29 heavy (non-hydrogen) atoms. The lowest BCUT2D eigenvalue weighted by Crippen LogP contribution is -2.57. The maximum Gasteiger partial charge on any atom is 0.155 e. The van der Waals surface area contributed by atoms with E-state index in [1.165, 1.54) is 6.42 Å². The number of amidine groups is 1. The molecule has 0 bridgehead atoms. The molecule has 2 unspecified atom stereocenters. The van der Waals surface area contributed by atoms with Gasteiger partial charge >= 0.3 is 0 Å². The molecule has 7 heteroatoms. The largest absolute Gasteiger partial charge is 0.360 e. The number of aromatic amines is 1. The van der Waals surface area contributed by atoms with Gasteiger partial charge in [0.05, 0.1) is 0 Å². The van der Waals surface area contributed by atoms with Crippen LogP contribution in [-0.2, 0) is 0 Å². The van der Waals surface area contributed by atoms with Gasteiger partial charge in [-0.2, -0.15) is 5.10 Å². The first kappa shape index (κ1) is 20.0. The molecule has 4 heterocycles. The maximum atomic E-state index is 14.8. The number of fused-ring (bicyclic) bond motifs is 1. The lowest BCUT2D eigenvalue weighted by atomic mass is 9.73. The Morgan fingerprint density at radius 2 is 2.17 bits per heavy atom. The minimum atomic E-state index is -0.193. The minimum Gasteiger partial charge on any atom is -0.360 e. The molecule has 2 aromatic heterocycles. The van der Waals surface area contributed by atoms with Crippen LogP contribution in [0.1, 0.15) is 52.1 Å². The van der Waals surface area contributed by atoms with Gasteiger partial charge in [0.1, 0.15) is 23.1 Å². The lowest BCUT2D eigenvalue weighted by molar-refractivity contribution is 0.110. The van der Waals surface area contributed by atoms with Crippen LogP contribution in [-0.4, -0.2) is 51.6 Å². The van der Waals surface area contributed by atoms with E-state index in [1.54, 1.807) is 6.20 Å². The molecule has 0 aliphatic carbocycles. The minimum absolute atomic E-state index is 0.0713. The van der Waals surface area contributed by atoms with E-state index in [9.17, 15) is 4.39 Å². The highest BCUT2D eigenvalue weighted by Gasteiger charge is 2.39. The summed E-state index contributed by atoms with van der Waals surface area (Å²) in [6.45, 7) is 8.81. The summed E-state index contributed by atoms with van der Waals surface area (Å²) in [7, 11) is 2.06. The summed E-state index contributed by atoms with van der Waals surface area (Å²) in [4.78, 5) is 11.4. The van der Waals surface area contributed by atoms with Gasteiger partial charge in [-0.3, -0.25) is 5.10 Å². The Morgan fingerprint density at radius 1 is 1.34 bits per heavy atom. The number of rotatable bonds is 4. The number of H-pyrrole nitrogens is 1. The predicted molar refractivity (Wildman–Crippen MR) is 115 cm³/mol. The number of likely N-dealkylation sites (tertiary alicyclic amines) is 1. The fourth-order valence-corrected chi connectivity index (χ4v) is 4.70. The zero-order valence-corrected chi connectivity index (χ0v) is 17.8. The first-order chi connectivity index (χ1) is 13.9. The Kier molecular flexibility index (Phi) is 5.42. The number of aliphatic imine (C=N–C) groups is 1. The van der Waals surface area contributed by atoms with Crippen molar-refractivity contribution in [2.75, 3.05) is 20.1 Å². The maximum absolute atomic E-state index is 14.8. The third-order valence-electron chi connectivity index (χ3n) is 7.00. The Hall–Kier alpha value is -2.28. The van der Waals surface area contributed by atoms with Crippen LogP contribution < -0.4 is 5.32 Å². The smallest absolute Gasteiger partial charge is 0.155 e. The second-order valence-electron chi connectivity index (χ2n) is 8.73. The van der Waals surface area contributed by atoms with Gasteiger partial charge in [0.25, 0.3) is 0 Å². The Bertz CT molecular complexity index is 946. The van der Waals surface area contributed by atoms with E-state index in [1.807, 2.05) is 12.1 Å². The molecular weight excluding hydrogens is 367 g/mol. The topological polar surface area (TPSA) is 69.2 Å². The van der Waals surface area contributed by atoms with Crippen molar-refractivity contribution in [2.24, 2.45) is 16.8 Å². The van der Waals surface area contributed by atoms with Gasteiger partial charge in [-0.25, -0.2) is 14.4 Å². The number of piperidine rings is 1. The fraction of sp³-hybridized carbons (Fsp3) is 0.591. The van der Waals surface area contributed by atoms with Crippen molar-refractivity contribution in [3.05, 3.63) is 29.9 Å². The summed E-state index contributed by atoms with van der Waals surface area (Å²) in [5.74, 6) is 1.84. The number of pyridine rings is 1. The van der Waals surface area contributed by atoms with Gasteiger partial charge in [-0.1, -0.05) is 13.8 Å². The highest BCUT2D eigenvalue weighted by atomic mass is 19.1. The van der Waals surface area contributed by atoms with Crippen LogP contribution in [0.4, 0.5) is 4.39 Å². The van der Waals surface area contributed by atoms with Crippen molar-refractivity contribution in [3.8, 4) is 0 Å². The van der Waals surface area contributed by atoms with Crippen LogP contribution in [0.15, 0.2) is 29.1 Å². The average Bonchev–Trinajstić information content (AvgIpc) is 3.17. The number of hydrogen-bond donors (Lipinski definition) is 2. The van der Waals surface area contributed by atoms with Crippen LogP contribution >= 0.6 is 0 Å². The van der Waals surface area contributed by atoms with Gasteiger partial charge in [-0.15, -0.1) is 0 Å². The fourth-order valence-electron chi connectivity index (χ4n) is 4.70. The van der Waals surface area contributed by atoms with E-state index >= 15 is 0 Å². The van der Waals surface area contributed by atoms with Crippen molar-refractivity contribution in [3.63, 3.8) is 0 Å². The van der Waals surface area contributed by atoms with E-state index in [4.69, 9.17) is 4.99 Å². The highest BCUT2D eigenvalue weighted by molar-refractivity contribution is 5.95. The Labute approximate surface area is 171 Å². The molecule has 2 aliphatic rings. The molecular formula is C22H31FN6. The number of aromatic nitrogens is 3. The summed E-state index contributed by atoms with van der Waals surface area (Å²) in [5.41, 5.74) is 1.64. The molecule has 6 nitrogen and oxygen atoms in total. The molecule has 2 aromatic rings. The molecule has 0 spiro atoms.